The molecule has 1 atom stereocenters. The Morgan fingerprint density at radius 2 is 1.90 bits per heavy atom. The normalized spacial score (nSPS) is 25.3. The highest BCUT2D eigenvalue weighted by Crippen LogP contribution is 2.37. The molecular weight excluding hydrogens is 263 g/mol. The molecule has 0 aromatic rings. The summed E-state index contributed by atoms with van der Waals surface area (Å²) in [5.41, 5.74) is 1.72. The van der Waals surface area contributed by atoms with E-state index in [-0.39, 0.29) is 6.42 Å². The Hall–Kier alpha value is -0.770. The first-order chi connectivity index (χ1) is 9.45. The summed E-state index contributed by atoms with van der Waals surface area (Å²) in [4.78, 5) is 2.44. The molecule has 0 radical (unpaired) electrons. The maximum Gasteiger partial charge on any atom is 0.395 e. The molecule has 0 saturated carbocycles. The lowest BCUT2D eigenvalue weighted by Crippen LogP contribution is -2.30. The second-order valence-electron chi connectivity index (χ2n) is 6.07. The second-order valence-corrected chi connectivity index (χ2v) is 6.07. The fraction of sp³-hybridized carbons (Fsp3) is 0.750. The zero-order valence-electron chi connectivity index (χ0n) is 12.2. The van der Waals surface area contributed by atoms with Crippen LogP contribution < -0.4 is 0 Å². The zero-order valence-corrected chi connectivity index (χ0v) is 12.2. The summed E-state index contributed by atoms with van der Waals surface area (Å²) in [5, 5.41) is 0. The molecule has 1 unspecified atom stereocenters. The van der Waals surface area contributed by atoms with Crippen LogP contribution in [0.5, 0.6) is 0 Å². The Balaban J connectivity index is 1.79. The summed E-state index contributed by atoms with van der Waals surface area (Å²) in [5.74, 6) is -1.28. The standard InChI is InChI=1S/C16H24F3N/c1-13-10-14(12-15(11-13)16(17,18)19)6-5-9-20-7-3-2-4-8-20/h10-11,15H,2-9,12H2,1H3. The molecule has 1 nitrogen and oxygen atoms in total. The van der Waals surface area contributed by atoms with Crippen molar-refractivity contribution in [3.05, 3.63) is 23.3 Å². The summed E-state index contributed by atoms with van der Waals surface area (Å²) < 4.78 is 38.5. The van der Waals surface area contributed by atoms with E-state index >= 15 is 0 Å². The van der Waals surface area contributed by atoms with Crippen molar-refractivity contribution in [2.75, 3.05) is 19.6 Å². The number of nitrogens with zero attached hydrogens (tertiary/aromatic N) is 1. The van der Waals surface area contributed by atoms with Crippen LogP contribution in [0.3, 0.4) is 0 Å². The predicted octanol–water partition coefficient (Wildman–Crippen LogP) is 4.71. The molecular formula is C16H24F3N. The molecule has 0 N–H and O–H groups in total. The van der Waals surface area contributed by atoms with Gasteiger partial charge in [-0.15, -0.1) is 0 Å². The molecule has 1 fully saturated rings. The third kappa shape index (κ3) is 4.65. The van der Waals surface area contributed by atoms with Crippen LogP contribution in [0.4, 0.5) is 13.2 Å². The van der Waals surface area contributed by atoms with Crippen LogP contribution in [0, 0.1) is 5.92 Å². The molecule has 2 aliphatic rings. The van der Waals surface area contributed by atoms with Crippen LogP contribution in [0.15, 0.2) is 23.3 Å². The van der Waals surface area contributed by atoms with Crippen LogP contribution in [0.25, 0.3) is 0 Å². The first-order valence-corrected chi connectivity index (χ1v) is 7.62. The van der Waals surface area contributed by atoms with Crippen molar-refractivity contribution in [3.8, 4) is 0 Å². The maximum atomic E-state index is 12.8. The first-order valence-electron chi connectivity index (χ1n) is 7.62. The van der Waals surface area contributed by atoms with E-state index < -0.39 is 12.1 Å². The average molecular weight is 287 g/mol. The molecule has 0 aromatic carbocycles. The van der Waals surface area contributed by atoms with E-state index in [4.69, 9.17) is 0 Å². The van der Waals surface area contributed by atoms with E-state index in [2.05, 4.69) is 4.90 Å². The molecule has 20 heavy (non-hydrogen) atoms. The maximum absolute atomic E-state index is 12.8. The van der Waals surface area contributed by atoms with Gasteiger partial charge in [0.15, 0.2) is 0 Å². The van der Waals surface area contributed by atoms with Gasteiger partial charge in [0, 0.05) is 0 Å². The van der Waals surface area contributed by atoms with E-state index in [0.717, 1.165) is 43.6 Å². The minimum absolute atomic E-state index is 0.154. The van der Waals surface area contributed by atoms with Gasteiger partial charge in [-0.3, -0.25) is 0 Å². The monoisotopic (exact) mass is 287 g/mol. The summed E-state index contributed by atoms with van der Waals surface area (Å²) in [6.07, 6.45) is 4.97. The lowest BCUT2D eigenvalue weighted by Gasteiger charge is -2.27. The molecule has 1 aliphatic heterocycles. The number of hydrogen-bond donors (Lipinski definition) is 0. The molecule has 114 valence electrons. The minimum atomic E-state index is -4.10. The van der Waals surface area contributed by atoms with E-state index in [0.29, 0.717) is 0 Å². The third-order valence-electron chi connectivity index (χ3n) is 4.22. The Labute approximate surface area is 119 Å². The Kier molecular flexibility index (Phi) is 5.30. The molecule has 0 aromatic heterocycles. The number of likely N-dealkylation sites (tertiary alicyclic amines) is 1. The van der Waals surface area contributed by atoms with E-state index in [9.17, 15) is 13.2 Å². The van der Waals surface area contributed by atoms with Crippen LogP contribution in [0.1, 0.15) is 45.4 Å². The van der Waals surface area contributed by atoms with E-state index in [1.54, 1.807) is 6.92 Å². The largest absolute Gasteiger partial charge is 0.395 e. The van der Waals surface area contributed by atoms with Gasteiger partial charge in [0.25, 0.3) is 0 Å². The predicted molar refractivity (Wildman–Crippen MR) is 75.5 cm³/mol. The van der Waals surface area contributed by atoms with Gasteiger partial charge in [-0.1, -0.05) is 29.7 Å². The summed E-state index contributed by atoms with van der Waals surface area (Å²) in [6.45, 7) is 5.10. The summed E-state index contributed by atoms with van der Waals surface area (Å²) in [7, 11) is 0. The summed E-state index contributed by atoms with van der Waals surface area (Å²) in [6, 6.07) is 0. The van der Waals surface area contributed by atoms with Crippen molar-refractivity contribution in [2.45, 2.75) is 51.6 Å². The van der Waals surface area contributed by atoms with Gasteiger partial charge in [0.2, 0.25) is 0 Å². The minimum Gasteiger partial charge on any atom is -0.303 e. The zero-order chi connectivity index (χ0) is 14.6. The van der Waals surface area contributed by atoms with Crippen molar-refractivity contribution in [2.24, 2.45) is 5.92 Å². The van der Waals surface area contributed by atoms with E-state index in [1.165, 1.54) is 25.3 Å². The lowest BCUT2D eigenvalue weighted by atomic mass is 9.88. The van der Waals surface area contributed by atoms with Gasteiger partial charge in [-0.25, -0.2) is 0 Å². The lowest BCUT2D eigenvalue weighted by molar-refractivity contribution is -0.161. The molecule has 1 heterocycles. The van der Waals surface area contributed by atoms with Gasteiger partial charge < -0.3 is 4.90 Å². The third-order valence-corrected chi connectivity index (χ3v) is 4.22. The topological polar surface area (TPSA) is 3.24 Å². The average Bonchev–Trinajstić information content (AvgIpc) is 2.38. The fourth-order valence-electron chi connectivity index (χ4n) is 3.18. The van der Waals surface area contributed by atoms with Crippen molar-refractivity contribution < 1.29 is 13.2 Å². The van der Waals surface area contributed by atoms with Crippen LogP contribution in [0.2, 0.25) is 0 Å². The van der Waals surface area contributed by atoms with Gasteiger partial charge in [0.1, 0.15) is 0 Å². The highest BCUT2D eigenvalue weighted by Gasteiger charge is 2.39. The molecule has 0 amide bonds. The van der Waals surface area contributed by atoms with Crippen molar-refractivity contribution in [1.29, 1.82) is 0 Å². The van der Waals surface area contributed by atoms with Crippen LogP contribution in [-0.4, -0.2) is 30.7 Å². The Bertz CT molecular complexity index is 376. The van der Waals surface area contributed by atoms with Crippen LogP contribution in [-0.2, 0) is 0 Å². The smallest absolute Gasteiger partial charge is 0.303 e. The molecule has 1 saturated heterocycles. The number of allylic oxidation sites excluding steroid dienone is 4. The molecule has 0 spiro atoms. The van der Waals surface area contributed by atoms with Gasteiger partial charge in [-0.2, -0.15) is 13.2 Å². The Morgan fingerprint density at radius 3 is 2.55 bits per heavy atom. The fourth-order valence-corrected chi connectivity index (χ4v) is 3.18. The second kappa shape index (κ2) is 6.79. The number of piperidine rings is 1. The Morgan fingerprint density at radius 1 is 1.20 bits per heavy atom. The van der Waals surface area contributed by atoms with Gasteiger partial charge in [-0.05, 0) is 58.7 Å². The van der Waals surface area contributed by atoms with Crippen LogP contribution >= 0.6 is 0 Å². The molecule has 4 heteroatoms. The van der Waals surface area contributed by atoms with Gasteiger partial charge >= 0.3 is 6.18 Å². The van der Waals surface area contributed by atoms with Crippen molar-refractivity contribution in [3.63, 3.8) is 0 Å². The van der Waals surface area contributed by atoms with Crippen molar-refractivity contribution >= 4 is 0 Å². The highest BCUT2D eigenvalue weighted by atomic mass is 19.4. The quantitative estimate of drug-likeness (QED) is 0.724. The number of rotatable bonds is 4. The summed E-state index contributed by atoms with van der Waals surface area (Å²) >= 11 is 0. The molecule has 2 rings (SSSR count). The number of halogens is 3. The van der Waals surface area contributed by atoms with Crippen molar-refractivity contribution in [1.82, 2.24) is 4.90 Å². The van der Waals surface area contributed by atoms with E-state index in [1.807, 2.05) is 6.08 Å². The first kappa shape index (κ1) is 15.6. The SMILES string of the molecule is CC1=CC(C(F)(F)F)CC(CCCN2CCCCC2)=C1. The highest BCUT2D eigenvalue weighted by molar-refractivity contribution is 5.28. The number of alkyl halides is 3. The van der Waals surface area contributed by atoms with Gasteiger partial charge in [0.05, 0.1) is 5.92 Å². The molecule has 0 bridgehead atoms. The number of hydrogen-bond acceptors (Lipinski definition) is 1. The molecule has 1 aliphatic carbocycles.